The predicted molar refractivity (Wildman–Crippen MR) is 121 cm³/mol. The SMILES string of the molecule is CC1(C)OC(C)(C)c2c1sc(NC(=O)c1c(F)cccc1C(F)(F)F)c2C(=O)NC1CCCC1. The van der Waals surface area contributed by atoms with Crippen LogP contribution in [0, 0.1) is 5.82 Å². The van der Waals surface area contributed by atoms with Gasteiger partial charge in [-0.2, -0.15) is 13.2 Å². The molecule has 0 unspecified atom stereocenters. The van der Waals surface area contributed by atoms with Crippen LogP contribution in [-0.4, -0.2) is 17.9 Å². The summed E-state index contributed by atoms with van der Waals surface area (Å²) in [6, 6.07) is 2.33. The fraction of sp³-hybridized carbons (Fsp3) is 0.500. The van der Waals surface area contributed by atoms with Gasteiger partial charge in [0.05, 0.1) is 27.9 Å². The van der Waals surface area contributed by atoms with Crippen LogP contribution >= 0.6 is 11.3 Å². The molecule has 1 aromatic carbocycles. The molecule has 1 saturated carbocycles. The smallest absolute Gasteiger partial charge is 0.359 e. The molecule has 1 fully saturated rings. The number of alkyl halides is 3. The molecule has 5 nitrogen and oxygen atoms in total. The molecule has 184 valence electrons. The maximum atomic E-state index is 14.4. The molecule has 1 aliphatic heterocycles. The number of carbonyl (C=O) groups excluding carboxylic acids is 2. The van der Waals surface area contributed by atoms with Crippen molar-refractivity contribution in [2.45, 2.75) is 76.8 Å². The molecule has 10 heteroatoms. The van der Waals surface area contributed by atoms with Crippen molar-refractivity contribution in [2.75, 3.05) is 5.32 Å². The van der Waals surface area contributed by atoms with Crippen LogP contribution in [0.1, 0.15) is 90.1 Å². The molecule has 0 radical (unpaired) electrons. The molecule has 0 atom stereocenters. The molecule has 2 amide bonds. The Kier molecular flexibility index (Phi) is 6.05. The molecule has 2 heterocycles. The molecule has 0 spiro atoms. The number of ether oxygens (including phenoxy) is 1. The van der Waals surface area contributed by atoms with Crippen molar-refractivity contribution in [2.24, 2.45) is 0 Å². The Morgan fingerprint density at radius 3 is 2.29 bits per heavy atom. The van der Waals surface area contributed by atoms with Gasteiger partial charge < -0.3 is 15.4 Å². The molecule has 34 heavy (non-hydrogen) atoms. The van der Waals surface area contributed by atoms with Crippen LogP contribution in [0.3, 0.4) is 0 Å². The number of anilines is 1. The van der Waals surface area contributed by atoms with E-state index < -0.39 is 46.1 Å². The summed E-state index contributed by atoms with van der Waals surface area (Å²) in [6.07, 6.45) is -1.28. The third-order valence-corrected chi connectivity index (χ3v) is 7.67. The van der Waals surface area contributed by atoms with Gasteiger partial charge in [-0.25, -0.2) is 4.39 Å². The Hall–Kier alpha value is -2.46. The number of carbonyl (C=O) groups is 2. The highest BCUT2D eigenvalue weighted by Crippen LogP contribution is 2.54. The van der Waals surface area contributed by atoms with Crippen molar-refractivity contribution in [3.8, 4) is 0 Å². The van der Waals surface area contributed by atoms with E-state index in [1.807, 2.05) is 13.8 Å². The van der Waals surface area contributed by atoms with Gasteiger partial charge in [-0.1, -0.05) is 18.9 Å². The van der Waals surface area contributed by atoms with Gasteiger partial charge in [0.1, 0.15) is 10.8 Å². The van der Waals surface area contributed by atoms with Crippen LogP contribution in [0.5, 0.6) is 0 Å². The molecule has 4 rings (SSSR count). The molecular weight excluding hydrogens is 472 g/mol. The number of benzene rings is 1. The first kappa shape index (κ1) is 24.7. The van der Waals surface area contributed by atoms with E-state index in [1.165, 1.54) is 0 Å². The lowest BCUT2D eigenvalue weighted by Crippen LogP contribution is -2.35. The second kappa shape index (κ2) is 8.34. The maximum absolute atomic E-state index is 14.4. The standard InChI is InChI=1S/C24H26F4N2O3S/c1-22(2)17-16(20(32)29-12-8-5-6-9-12)21(34-18(17)23(3,4)33-22)30-19(31)15-13(24(26,27)28)10-7-11-14(15)25/h7,10-12H,5-6,8-9H2,1-4H3,(H,29,32)(H,30,31). The fourth-order valence-corrected chi connectivity index (χ4v) is 6.34. The normalized spacial score (nSPS) is 19.2. The number of amides is 2. The monoisotopic (exact) mass is 498 g/mol. The molecule has 0 bridgehead atoms. The lowest BCUT2D eigenvalue weighted by molar-refractivity contribution is -0.138. The van der Waals surface area contributed by atoms with Gasteiger partial charge >= 0.3 is 6.18 Å². The third-order valence-electron chi connectivity index (χ3n) is 6.26. The average molecular weight is 499 g/mol. The van der Waals surface area contributed by atoms with Crippen molar-refractivity contribution >= 4 is 28.2 Å². The van der Waals surface area contributed by atoms with Gasteiger partial charge in [0.25, 0.3) is 11.8 Å². The quantitative estimate of drug-likeness (QED) is 0.484. The van der Waals surface area contributed by atoms with E-state index in [0.717, 1.165) is 49.2 Å². The summed E-state index contributed by atoms with van der Waals surface area (Å²) in [7, 11) is 0. The number of thiophene rings is 1. The zero-order chi connectivity index (χ0) is 25.1. The second-order valence-electron chi connectivity index (χ2n) is 9.70. The van der Waals surface area contributed by atoms with Crippen molar-refractivity contribution < 1.29 is 31.9 Å². The van der Waals surface area contributed by atoms with E-state index in [9.17, 15) is 27.2 Å². The first-order chi connectivity index (χ1) is 15.7. The van der Waals surface area contributed by atoms with Crippen LogP contribution in [0.2, 0.25) is 0 Å². The summed E-state index contributed by atoms with van der Waals surface area (Å²) in [5.74, 6) is -2.99. The van der Waals surface area contributed by atoms with Crippen LogP contribution in [0.15, 0.2) is 18.2 Å². The zero-order valence-corrected chi connectivity index (χ0v) is 20.1. The second-order valence-corrected chi connectivity index (χ2v) is 10.7. The van der Waals surface area contributed by atoms with E-state index >= 15 is 0 Å². The minimum absolute atomic E-state index is 0.0200. The number of halogens is 4. The van der Waals surface area contributed by atoms with E-state index in [1.54, 1.807) is 13.8 Å². The van der Waals surface area contributed by atoms with Crippen LogP contribution in [-0.2, 0) is 22.1 Å². The van der Waals surface area contributed by atoms with Gasteiger partial charge in [0.15, 0.2) is 0 Å². The Morgan fingerprint density at radius 1 is 1.03 bits per heavy atom. The van der Waals surface area contributed by atoms with Crippen molar-refractivity contribution in [1.29, 1.82) is 0 Å². The summed E-state index contributed by atoms with van der Waals surface area (Å²) in [5.41, 5.74) is -3.42. The zero-order valence-electron chi connectivity index (χ0n) is 19.3. The maximum Gasteiger partial charge on any atom is 0.417 e. The fourth-order valence-electron chi connectivity index (χ4n) is 4.95. The Morgan fingerprint density at radius 2 is 1.68 bits per heavy atom. The van der Waals surface area contributed by atoms with Crippen LogP contribution in [0.4, 0.5) is 22.6 Å². The van der Waals surface area contributed by atoms with Gasteiger partial charge in [-0.05, 0) is 52.7 Å². The van der Waals surface area contributed by atoms with E-state index in [4.69, 9.17) is 4.74 Å². The topological polar surface area (TPSA) is 67.4 Å². The third kappa shape index (κ3) is 4.33. The largest absolute Gasteiger partial charge is 0.417 e. The first-order valence-electron chi connectivity index (χ1n) is 11.1. The summed E-state index contributed by atoms with van der Waals surface area (Å²) in [5, 5.41) is 5.47. The summed E-state index contributed by atoms with van der Waals surface area (Å²) in [4.78, 5) is 27.0. The van der Waals surface area contributed by atoms with Gasteiger partial charge in [0, 0.05) is 16.5 Å². The van der Waals surface area contributed by atoms with Crippen LogP contribution in [0.25, 0.3) is 0 Å². The average Bonchev–Trinajstić information content (AvgIpc) is 3.37. The molecule has 1 aliphatic carbocycles. The highest BCUT2D eigenvalue weighted by atomic mass is 32.1. The van der Waals surface area contributed by atoms with Gasteiger partial charge in [-0.3, -0.25) is 9.59 Å². The van der Waals surface area contributed by atoms with Gasteiger partial charge in [0.2, 0.25) is 0 Å². The predicted octanol–water partition coefficient (Wildman–Crippen LogP) is 6.33. The van der Waals surface area contributed by atoms with E-state index in [-0.39, 0.29) is 16.6 Å². The molecule has 2 N–H and O–H groups in total. The summed E-state index contributed by atoms with van der Waals surface area (Å²) in [6.45, 7) is 7.23. The van der Waals surface area contributed by atoms with E-state index in [0.29, 0.717) is 16.5 Å². The van der Waals surface area contributed by atoms with Crippen molar-refractivity contribution in [3.05, 3.63) is 51.1 Å². The minimum atomic E-state index is -4.92. The molecule has 1 aromatic heterocycles. The summed E-state index contributed by atoms with van der Waals surface area (Å²) >= 11 is 1.06. The number of rotatable bonds is 4. The highest BCUT2D eigenvalue weighted by Gasteiger charge is 2.49. The van der Waals surface area contributed by atoms with E-state index in [2.05, 4.69) is 10.6 Å². The lowest BCUT2D eigenvalue weighted by Gasteiger charge is -2.26. The number of hydrogen-bond acceptors (Lipinski definition) is 4. The number of hydrogen-bond donors (Lipinski definition) is 2. The molecule has 2 aliphatic rings. The Labute approximate surface area is 198 Å². The molecular formula is C24H26F4N2O3S. The van der Waals surface area contributed by atoms with Crippen molar-refractivity contribution in [3.63, 3.8) is 0 Å². The van der Waals surface area contributed by atoms with Gasteiger partial charge in [-0.15, -0.1) is 11.3 Å². The Balaban J connectivity index is 1.79. The molecule has 2 aromatic rings. The number of nitrogens with one attached hydrogen (secondary N) is 2. The minimum Gasteiger partial charge on any atom is -0.359 e. The van der Waals surface area contributed by atoms with Crippen molar-refractivity contribution in [1.82, 2.24) is 5.32 Å². The first-order valence-corrected chi connectivity index (χ1v) is 11.9. The molecule has 0 saturated heterocycles. The number of fused-ring (bicyclic) bond motifs is 1. The highest BCUT2D eigenvalue weighted by molar-refractivity contribution is 7.17. The summed E-state index contributed by atoms with van der Waals surface area (Å²) < 4.78 is 61.0. The Bertz CT molecular complexity index is 1150. The van der Waals surface area contributed by atoms with Crippen LogP contribution < -0.4 is 10.6 Å². The lowest BCUT2D eigenvalue weighted by atomic mass is 9.93.